The molecule has 0 aromatic heterocycles. The predicted molar refractivity (Wildman–Crippen MR) is 156 cm³/mol. The molecule has 0 saturated carbocycles. The van der Waals surface area contributed by atoms with Crippen LogP contribution in [0.1, 0.15) is 89.5 Å². The molecule has 0 fully saturated rings. The standard InChI is InChI=1S/C32H43N3O4/c1-8-10-11-12-15-22-35(30(37)24(4)33-31(38)39-32(5,6)7)28(26-20-18-25(9-2)19-21-26)29(36)34-27-17-14-13-16-23(27)3/h2,13-14,16-21,24,28H,8,10-12,15,22H2,1,3-7H3,(H,33,38)(H,34,36). The molecule has 0 saturated heterocycles. The Labute approximate surface area is 233 Å². The van der Waals surface area contributed by atoms with Crippen LogP contribution in [0.25, 0.3) is 0 Å². The van der Waals surface area contributed by atoms with Crippen LogP contribution < -0.4 is 10.6 Å². The third kappa shape index (κ3) is 10.1. The maximum absolute atomic E-state index is 13.9. The van der Waals surface area contributed by atoms with Crippen LogP contribution in [0, 0.1) is 19.3 Å². The summed E-state index contributed by atoms with van der Waals surface area (Å²) in [6.07, 6.45) is 9.76. The minimum absolute atomic E-state index is 0.343. The van der Waals surface area contributed by atoms with Gasteiger partial charge in [-0.2, -0.15) is 0 Å². The van der Waals surface area contributed by atoms with E-state index in [0.717, 1.165) is 37.7 Å². The zero-order valence-corrected chi connectivity index (χ0v) is 24.2. The number of hydrogen-bond donors (Lipinski definition) is 2. The van der Waals surface area contributed by atoms with Gasteiger partial charge >= 0.3 is 6.09 Å². The lowest BCUT2D eigenvalue weighted by molar-refractivity contribution is -0.140. The van der Waals surface area contributed by atoms with E-state index in [9.17, 15) is 14.4 Å². The van der Waals surface area contributed by atoms with Gasteiger partial charge in [0.1, 0.15) is 17.7 Å². The highest BCUT2D eigenvalue weighted by molar-refractivity contribution is 5.99. The first-order valence-electron chi connectivity index (χ1n) is 13.7. The smallest absolute Gasteiger partial charge is 0.408 e. The summed E-state index contributed by atoms with van der Waals surface area (Å²) in [5, 5.41) is 5.65. The molecular formula is C32H43N3O4. The minimum Gasteiger partial charge on any atom is -0.444 e. The van der Waals surface area contributed by atoms with Crippen LogP contribution in [-0.2, 0) is 14.3 Å². The van der Waals surface area contributed by atoms with E-state index in [0.29, 0.717) is 23.4 Å². The first-order chi connectivity index (χ1) is 18.5. The molecule has 0 heterocycles. The SMILES string of the molecule is C#Cc1ccc(C(C(=O)Nc2ccccc2C)N(CCCCCCC)C(=O)C(C)NC(=O)OC(C)(C)C)cc1. The van der Waals surface area contributed by atoms with Crippen LogP contribution in [-0.4, -0.2) is 41.0 Å². The second-order valence-corrected chi connectivity index (χ2v) is 10.8. The second-order valence-electron chi connectivity index (χ2n) is 10.8. The van der Waals surface area contributed by atoms with Crippen molar-refractivity contribution in [3.8, 4) is 12.3 Å². The molecule has 2 aromatic carbocycles. The quantitative estimate of drug-likeness (QED) is 0.245. The molecule has 0 aliphatic rings. The normalized spacial score (nSPS) is 12.5. The maximum atomic E-state index is 13.9. The van der Waals surface area contributed by atoms with Crippen LogP contribution >= 0.6 is 0 Å². The number of ether oxygens (including phenoxy) is 1. The Morgan fingerprint density at radius 1 is 1.00 bits per heavy atom. The fraction of sp³-hybridized carbons (Fsp3) is 0.469. The third-order valence-corrected chi connectivity index (χ3v) is 6.25. The number of unbranched alkanes of at least 4 members (excludes halogenated alkanes) is 4. The average Bonchev–Trinajstić information content (AvgIpc) is 2.87. The van der Waals surface area contributed by atoms with Gasteiger partial charge in [-0.05, 0) is 70.4 Å². The molecule has 2 atom stereocenters. The summed E-state index contributed by atoms with van der Waals surface area (Å²) < 4.78 is 5.36. The van der Waals surface area contributed by atoms with Crippen LogP contribution in [0.5, 0.6) is 0 Å². The number of terminal acetylenes is 1. The molecule has 39 heavy (non-hydrogen) atoms. The lowest BCUT2D eigenvalue weighted by atomic mass is 10.0. The number of hydrogen-bond acceptors (Lipinski definition) is 4. The number of anilines is 1. The number of alkyl carbamates (subject to hydrolysis) is 1. The zero-order chi connectivity index (χ0) is 29.0. The summed E-state index contributed by atoms with van der Waals surface area (Å²) in [6, 6.07) is 12.7. The molecule has 0 spiro atoms. The van der Waals surface area contributed by atoms with Crippen molar-refractivity contribution >= 4 is 23.6 Å². The van der Waals surface area contributed by atoms with Gasteiger partial charge in [-0.15, -0.1) is 6.42 Å². The van der Waals surface area contributed by atoms with E-state index < -0.39 is 23.8 Å². The monoisotopic (exact) mass is 533 g/mol. The van der Waals surface area contributed by atoms with E-state index in [1.807, 2.05) is 31.2 Å². The number of nitrogens with zero attached hydrogens (tertiary/aromatic N) is 1. The van der Waals surface area contributed by atoms with E-state index in [2.05, 4.69) is 23.5 Å². The number of benzene rings is 2. The fourth-order valence-electron chi connectivity index (χ4n) is 4.20. The van der Waals surface area contributed by atoms with Crippen LogP contribution in [0.15, 0.2) is 48.5 Å². The Balaban J connectivity index is 2.44. The van der Waals surface area contributed by atoms with Crippen LogP contribution in [0.4, 0.5) is 10.5 Å². The minimum atomic E-state index is -0.932. The number of para-hydroxylation sites is 1. The lowest BCUT2D eigenvalue weighted by Crippen LogP contribution is -2.51. The van der Waals surface area contributed by atoms with Crippen molar-refractivity contribution in [2.24, 2.45) is 0 Å². The third-order valence-electron chi connectivity index (χ3n) is 6.25. The molecule has 0 aliphatic heterocycles. The van der Waals surface area contributed by atoms with E-state index in [1.54, 1.807) is 56.9 Å². The van der Waals surface area contributed by atoms with Crippen LogP contribution in [0.2, 0.25) is 0 Å². The maximum Gasteiger partial charge on any atom is 0.408 e. The van der Waals surface area contributed by atoms with Crippen molar-refractivity contribution in [1.82, 2.24) is 10.2 Å². The molecule has 2 N–H and O–H groups in total. The van der Waals surface area contributed by atoms with Gasteiger partial charge in [0.2, 0.25) is 5.91 Å². The molecule has 210 valence electrons. The van der Waals surface area contributed by atoms with Crippen molar-refractivity contribution in [3.05, 3.63) is 65.2 Å². The number of aryl methyl sites for hydroxylation is 1. The highest BCUT2D eigenvalue weighted by Gasteiger charge is 2.34. The molecule has 2 aromatic rings. The predicted octanol–water partition coefficient (Wildman–Crippen LogP) is 6.37. The number of nitrogens with one attached hydrogen (secondary N) is 2. The van der Waals surface area contributed by atoms with Crippen LogP contribution in [0.3, 0.4) is 0 Å². The van der Waals surface area contributed by atoms with E-state index in [4.69, 9.17) is 11.2 Å². The molecule has 2 rings (SSSR count). The second kappa shape index (κ2) is 15.0. The van der Waals surface area contributed by atoms with Gasteiger partial charge in [0, 0.05) is 17.8 Å². The van der Waals surface area contributed by atoms with Gasteiger partial charge in [0.15, 0.2) is 0 Å². The first kappa shape index (κ1) is 31.4. The average molecular weight is 534 g/mol. The summed E-state index contributed by atoms with van der Waals surface area (Å²) in [4.78, 5) is 41.8. The Morgan fingerprint density at radius 2 is 1.64 bits per heavy atom. The highest BCUT2D eigenvalue weighted by Crippen LogP contribution is 2.26. The zero-order valence-electron chi connectivity index (χ0n) is 24.2. The number of amides is 3. The molecule has 3 amide bonds. The molecule has 7 heteroatoms. The summed E-state index contributed by atoms with van der Waals surface area (Å²) in [5.74, 6) is 1.88. The summed E-state index contributed by atoms with van der Waals surface area (Å²) in [6.45, 7) is 11.3. The van der Waals surface area contributed by atoms with Gasteiger partial charge in [0.05, 0.1) is 0 Å². The van der Waals surface area contributed by atoms with Crippen molar-refractivity contribution in [1.29, 1.82) is 0 Å². The van der Waals surface area contributed by atoms with E-state index in [1.165, 1.54) is 0 Å². The Bertz CT molecular complexity index is 1150. The molecule has 2 unspecified atom stereocenters. The lowest BCUT2D eigenvalue weighted by Gasteiger charge is -2.34. The van der Waals surface area contributed by atoms with Crippen molar-refractivity contribution < 1.29 is 19.1 Å². The highest BCUT2D eigenvalue weighted by atomic mass is 16.6. The van der Waals surface area contributed by atoms with Gasteiger partial charge in [-0.3, -0.25) is 9.59 Å². The number of rotatable bonds is 12. The van der Waals surface area contributed by atoms with E-state index >= 15 is 0 Å². The van der Waals surface area contributed by atoms with Crippen molar-refractivity contribution in [3.63, 3.8) is 0 Å². The summed E-state index contributed by atoms with van der Waals surface area (Å²) >= 11 is 0. The van der Waals surface area contributed by atoms with E-state index in [-0.39, 0.29) is 11.8 Å². The van der Waals surface area contributed by atoms with Gasteiger partial charge in [-0.1, -0.05) is 68.9 Å². The Kier molecular flexibility index (Phi) is 12.1. The molecule has 0 aliphatic carbocycles. The molecular weight excluding hydrogens is 490 g/mol. The molecule has 0 bridgehead atoms. The Morgan fingerprint density at radius 3 is 2.23 bits per heavy atom. The summed E-state index contributed by atoms with van der Waals surface area (Å²) in [5.41, 5.74) is 2.17. The van der Waals surface area contributed by atoms with Crippen molar-refractivity contribution in [2.75, 3.05) is 11.9 Å². The number of carbonyl (C=O) groups is 3. The fourth-order valence-corrected chi connectivity index (χ4v) is 4.20. The van der Waals surface area contributed by atoms with Gasteiger partial charge in [0.25, 0.3) is 5.91 Å². The summed E-state index contributed by atoms with van der Waals surface area (Å²) in [7, 11) is 0. The van der Waals surface area contributed by atoms with Gasteiger partial charge in [-0.25, -0.2) is 4.79 Å². The first-order valence-corrected chi connectivity index (χ1v) is 13.7. The largest absolute Gasteiger partial charge is 0.444 e. The Hall–Kier alpha value is -3.79. The molecule has 0 radical (unpaired) electrons. The van der Waals surface area contributed by atoms with Crippen molar-refractivity contribution in [2.45, 2.75) is 91.3 Å². The topological polar surface area (TPSA) is 87.7 Å². The van der Waals surface area contributed by atoms with Gasteiger partial charge < -0.3 is 20.3 Å². The molecule has 7 nitrogen and oxygen atoms in total. The number of carbonyl (C=O) groups excluding carboxylic acids is 3.